The second-order valence-electron chi connectivity index (χ2n) is 5.97. The smallest absolute Gasteiger partial charge is 0.435 e. The first-order chi connectivity index (χ1) is 11.0. The zero-order valence-corrected chi connectivity index (χ0v) is 13.3. The van der Waals surface area contributed by atoms with E-state index >= 15 is 0 Å². The highest BCUT2D eigenvalue weighted by atomic mass is 19.4. The summed E-state index contributed by atoms with van der Waals surface area (Å²) in [6, 6.07) is -0.435. The van der Waals surface area contributed by atoms with Gasteiger partial charge in [0.1, 0.15) is 6.04 Å². The van der Waals surface area contributed by atoms with Crippen LogP contribution < -0.4 is 5.32 Å². The summed E-state index contributed by atoms with van der Waals surface area (Å²) in [5, 5.41) is 21.0. The molecule has 3 amide bonds. The quantitative estimate of drug-likeness (QED) is 0.494. The van der Waals surface area contributed by atoms with Crippen LogP contribution in [0, 0.1) is 0 Å². The van der Waals surface area contributed by atoms with Crippen LogP contribution in [0.4, 0.5) is 18.0 Å². The molecule has 0 radical (unpaired) electrons. The lowest BCUT2D eigenvalue weighted by Crippen LogP contribution is -2.61. The number of carboxylic acid groups (broad SMARTS) is 1. The molecule has 0 aromatic carbocycles. The van der Waals surface area contributed by atoms with E-state index in [4.69, 9.17) is 0 Å². The molecule has 2 unspecified atom stereocenters. The van der Waals surface area contributed by atoms with Crippen LogP contribution >= 0.6 is 0 Å². The molecule has 1 heterocycles. The maximum Gasteiger partial charge on any atom is 0.521 e. The van der Waals surface area contributed by atoms with Gasteiger partial charge in [0.05, 0.1) is 6.54 Å². The third-order valence-electron chi connectivity index (χ3n) is 4.35. The van der Waals surface area contributed by atoms with Gasteiger partial charge in [-0.2, -0.15) is 22.4 Å². The summed E-state index contributed by atoms with van der Waals surface area (Å²) < 4.78 is 35.1. The molecule has 24 heavy (non-hydrogen) atoms. The zero-order valence-electron chi connectivity index (χ0n) is 13.3. The van der Waals surface area contributed by atoms with Gasteiger partial charge in [-0.05, 0) is 26.2 Å². The normalized spacial score (nSPS) is 25.3. The number of unbranched alkanes of at least 4 members (excludes halogenated alkanes) is 1. The minimum absolute atomic E-state index is 0.0687. The van der Waals surface area contributed by atoms with E-state index in [9.17, 15) is 37.8 Å². The zero-order chi connectivity index (χ0) is 18.5. The fraction of sp³-hybridized carbons (Fsp3) is 0.786. The lowest BCUT2D eigenvalue weighted by molar-refractivity contribution is -0.794. The van der Waals surface area contributed by atoms with Gasteiger partial charge in [-0.1, -0.05) is 0 Å². The number of hydrogen-bond donors (Lipinski definition) is 3. The summed E-state index contributed by atoms with van der Waals surface area (Å²) in [6.07, 6.45) is -6.38. The number of hydrogen-bond acceptors (Lipinski definition) is 4. The minimum atomic E-state index is -4.94. The number of nitrogens with one attached hydrogen (secondary N) is 1. The molecule has 0 spiro atoms. The molecule has 3 N–H and O–H groups in total. The Morgan fingerprint density at radius 3 is 2.38 bits per heavy atom. The number of carbonyl (C=O) groups is 3. The number of quaternary nitrogens is 1. The van der Waals surface area contributed by atoms with Gasteiger partial charge in [-0.25, -0.2) is 4.79 Å². The molecule has 3 atom stereocenters. The van der Waals surface area contributed by atoms with E-state index in [2.05, 4.69) is 0 Å². The highest BCUT2D eigenvalue weighted by molar-refractivity contribution is 5.83. The van der Waals surface area contributed by atoms with Crippen molar-refractivity contribution in [3.63, 3.8) is 0 Å². The summed E-state index contributed by atoms with van der Waals surface area (Å²) in [6.45, 7) is 1.51. The van der Waals surface area contributed by atoms with Crippen LogP contribution in [0.5, 0.6) is 0 Å². The number of carbonyl (C=O) groups excluding carboxylic acids is 2. The molecule has 1 aliphatic rings. The van der Waals surface area contributed by atoms with Crippen molar-refractivity contribution in [1.82, 2.24) is 5.32 Å². The molecule has 1 aliphatic heterocycles. The number of halogens is 3. The van der Waals surface area contributed by atoms with Gasteiger partial charge in [0.2, 0.25) is 0 Å². The van der Waals surface area contributed by atoms with Crippen LogP contribution in [-0.2, 0) is 9.59 Å². The fourth-order valence-electron chi connectivity index (χ4n) is 2.94. The first-order valence-electron chi connectivity index (χ1n) is 7.72. The lowest BCUT2D eigenvalue weighted by Gasteiger charge is -2.31. The number of amides is 3. The van der Waals surface area contributed by atoms with E-state index in [0.29, 0.717) is 12.8 Å². The number of imide groups is 1. The molecule has 1 saturated heterocycles. The predicted octanol–water partition coefficient (Wildman–Crippen LogP) is 1.40. The third-order valence-corrected chi connectivity index (χ3v) is 4.35. The molecule has 1 fully saturated rings. The van der Waals surface area contributed by atoms with Gasteiger partial charge < -0.3 is 15.5 Å². The Balaban J connectivity index is 2.45. The van der Waals surface area contributed by atoms with Crippen LogP contribution in [0.15, 0.2) is 0 Å². The molecule has 0 saturated carbocycles. The van der Waals surface area contributed by atoms with Gasteiger partial charge in [-0.3, -0.25) is 4.79 Å². The Morgan fingerprint density at radius 2 is 1.92 bits per heavy atom. The van der Waals surface area contributed by atoms with E-state index in [1.807, 2.05) is 0 Å². The van der Waals surface area contributed by atoms with Crippen molar-refractivity contribution in [3.05, 3.63) is 0 Å². The molecular formula is C14H22F3N2O5+. The summed E-state index contributed by atoms with van der Waals surface area (Å²) in [4.78, 5) is 34.4. The van der Waals surface area contributed by atoms with Crippen LogP contribution in [0.2, 0.25) is 0 Å². The number of rotatable bonds is 6. The highest BCUT2D eigenvalue weighted by Crippen LogP contribution is 2.29. The van der Waals surface area contributed by atoms with Gasteiger partial charge in [0.15, 0.2) is 6.10 Å². The van der Waals surface area contributed by atoms with Crippen LogP contribution in [0.1, 0.15) is 39.0 Å². The van der Waals surface area contributed by atoms with Crippen molar-refractivity contribution in [2.45, 2.75) is 57.3 Å². The molecule has 138 valence electrons. The number of aliphatic hydroxyl groups is 1. The molecule has 0 aromatic rings. The Kier molecular flexibility index (Phi) is 6.73. The second kappa shape index (κ2) is 7.93. The van der Waals surface area contributed by atoms with Gasteiger partial charge in [0.25, 0.3) is 0 Å². The molecule has 1 rings (SSSR count). The van der Waals surface area contributed by atoms with Crippen LogP contribution in [-0.4, -0.2) is 64.0 Å². The Labute approximate surface area is 137 Å². The average Bonchev–Trinajstić information content (AvgIpc) is 2.87. The number of aliphatic hydroxyl groups excluding tert-OH is 1. The molecule has 7 nitrogen and oxygen atoms in total. The van der Waals surface area contributed by atoms with Crippen molar-refractivity contribution >= 4 is 17.9 Å². The molecule has 0 aliphatic carbocycles. The summed E-state index contributed by atoms with van der Waals surface area (Å²) in [7, 11) is 0. The Morgan fingerprint density at radius 1 is 1.29 bits per heavy atom. The maximum atomic E-state index is 12.3. The minimum Gasteiger partial charge on any atom is -0.435 e. The largest absolute Gasteiger partial charge is 0.521 e. The average molecular weight is 355 g/mol. The number of nitrogens with zero attached hydrogens (tertiary/aromatic N) is 1. The van der Waals surface area contributed by atoms with Gasteiger partial charge in [0, 0.05) is 19.4 Å². The standard InChI is InChI=1S/C14H21F3N2O5/c1-9-5-4-8-19(9,13(23)24)11(21)10(20)6-2-3-7-18-12(22)14(15,16)17/h9-10,20H,2-8H2,1H3,(H-,18,22,23,24)/p+1/t9?,10?,19-/m0/s1. The molecule has 10 heteroatoms. The Bertz CT molecular complexity index is 497. The van der Waals surface area contributed by atoms with E-state index in [0.717, 1.165) is 0 Å². The second-order valence-corrected chi connectivity index (χ2v) is 5.97. The van der Waals surface area contributed by atoms with E-state index in [1.165, 1.54) is 0 Å². The van der Waals surface area contributed by atoms with E-state index in [-0.39, 0.29) is 32.4 Å². The van der Waals surface area contributed by atoms with Crippen LogP contribution in [0.3, 0.4) is 0 Å². The van der Waals surface area contributed by atoms with E-state index in [1.54, 1.807) is 12.2 Å². The van der Waals surface area contributed by atoms with Crippen molar-refractivity contribution in [1.29, 1.82) is 0 Å². The van der Waals surface area contributed by atoms with E-state index < -0.39 is 40.7 Å². The molecular weight excluding hydrogens is 333 g/mol. The highest BCUT2D eigenvalue weighted by Gasteiger charge is 2.54. The van der Waals surface area contributed by atoms with Gasteiger partial charge >= 0.3 is 24.1 Å². The molecule has 0 bridgehead atoms. The number of likely N-dealkylation sites (tertiary alicyclic amines) is 1. The topological polar surface area (TPSA) is 104 Å². The first kappa shape index (κ1) is 20.4. The van der Waals surface area contributed by atoms with Gasteiger partial charge in [-0.15, -0.1) is 0 Å². The lowest BCUT2D eigenvalue weighted by atomic mass is 10.1. The Hall–Kier alpha value is -1.68. The molecule has 0 aromatic heterocycles. The third kappa shape index (κ3) is 4.44. The van der Waals surface area contributed by atoms with Crippen molar-refractivity contribution < 1.29 is 42.3 Å². The summed E-state index contributed by atoms with van der Waals surface area (Å²) in [5.74, 6) is -2.84. The fourth-order valence-corrected chi connectivity index (χ4v) is 2.94. The van der Waals surface area contributed by atoms with Crippen molar-refractivity contribution in [2.24, 2.45) is 0 Å². The maximum absolute atomic E-state index is 12.3. The van der Waals surface area contributed by atoms with Crippen molar-refractivity contribution in [2.75, 3.05) is 13.1 Å². The predicted molar refractivity (Wildman–Crippen MR) is 75.8 cm³/mol. The number of alkyl halides is 3. The van der Waals surface area contributed by atoms with Crippen molar-refractivity contribution in [3.8, 4) is 0 Å². The first-order valence-corrected chi connectivity index (χ1v) is 7.72. The summed E-state index contributed by atoms with van der Waals surface area (Å²) in [5.41, 5.74) is 0. The monoisotopic (exact) mass is 355 g/mol. The SMILES string of the molecule is CC1CCC[N@@+]1(C(=O)O)C(=O)C(O)CCCCNC(=O)C(F)(F)F. The van der Waals surface area contributed by atoms with Crippen LogP contribution in [0.25, 0.3) is 0 Å². The summed E-state index contributed by atoms with van der Waals surface area (Å²) >= 11 is 0.